The number of hydrogen-bond acceptors (Lipinski definition) is 4. The van der Waals surface area contributed by atoms with Crippen LogP contribution in [0.4, 0.5) is 4.39 Å². The summed E-state index contributed by atoms with van der Waals surface area (Å²) in [5.41, 5.74) is 5.12. The van der Waals surface area contributed by atoms with Crippen molar-refractivity contribution in [2.45, 2.75) is 32.4 Å². The van der Waals surface area contributed by atoms with Crippen molar-refractivity contribution < 1.29 is 19.0 Å². The molecule has 4 rings (SSSR count). The number of aromatic amines is 1. The van der Waals surface area contributed by atoms with E-state index in [1.807, 2.05) is 37.4 Å². The summed E-state index contributed by atoms with van der Waals surface area (Å²) in [6.07, 6.45) is 5.37. The molecule has 0 fully saturated rings. The number of aromatic nitrogens is 2. The summed E-state index contributed by atoms with van der Waals surface area (Å²) in [4.78, 5) is 13.3. The molecule has 0 saturated heterocycles. The smallest absolute Gasteiger partial charge is 0.328 e. The number of ether oxygens (including phenoxy) is 1. The Morgan fingerprint density at radius 2 is 2.16 bits per heavy atom. The molecule has 0 unspecified atom stereocenters. The van der Waals surface area contributed by atoms with E-state index in [1.165, 1.54) is 5.56 Å². The lowest BCUT2D eigenvalue weighted by atomic mass is 9.82. The number of halogens is 1. The first kappa shape index (κ1) is 22.0. The van der Waals surface area contributed by atoms with Gasteiger partial charge in [0.25, 0.3) is 0 Å². The number of fused-ring (bicyclic) bond motifs is 3. The van der Waals surface area contributed by atoms with Crippen LogP contribution in [-0.2, 0) is 11.2 Å². The molecule has 0 spiro atoms. The second-order valence-corrected chi connectivity index (χ2v) is 8.55. The molecule has 1 aromatic heterocycles. The first-order valence-corrected chi connectivity index (χ1v) is 10.8. The molecule has 0 amide bonds. The number of nitrogens with one attached hydrogen (secondary N) is 1. The van der Waals surface area contributed by atoms with Crippen LogP contribution in [0.5, 0.6) is 5.75 Å². The van der Waals surface area contributed by atoms with Gasteiger partial charge in [-0.25, -0.2) is 4.79 Å². The van der Waals surface area contributed by atoms with Crippen LogP contribution < -0.4 is 4.74 Å². The van der Waals surface area contributed by atoms with Crippen LogP contribution in [0.25, 0.3) is 17.0 Å². The van der Waals surface area contributed by atoms with Gasteiger partial charge in [0.15, 0.2) is 0 Å². The van der Waals surface area contributed by atoms with E-state index in [0.717, 1.165) is 40.1 Å². The Morgan fingerprint density at radius 1 is 1.38 bits per heavy atom. The van der Waals surface area contributed by atoms with Crippen molar-refractivity contribution in [3.05, 3.63) is 64.9 Å². The zero-order valence-corrected chi connectivity index (χ0v) is 18.5. The van der Waals surface area contributed by atoms with Gasteiger partial charge < -0.3 is 9.84 Å². The zero-order chi connectivity index (χ0) is 22.8. The molecular formula is C25H28FN3O3. The minimum absolute atomic E-state index is 0.0945. The third-order valence-electron chi connectivity index (χ3n) is 6.22. The minimum Gasteiger partial charge on any atom is -0.496 e. The van der Waals surface area contributed by atoms with Gasteiger partial charge in [-0.2, -0.15) is 5.10 Å². The lowest BCUT2D eigenvalue weighted by Gasteiger charge is -2.43. The fourth-order valence-corrected chi connectivity index (χ4v) is 4.69. The number of alkyl halides is 1. The molecule has 0 radical (unpaired) electrons. The summed E-state index contributed by atoms with van der Waals surface area (Å²) in [5.74, 6) is -0.422. The predicted molar refractivity (Wildman–Crippen MR) is 123 cm³/mol. The number of nitrogens with zero attached hydrogens (tertiary/aromatic N) is 2. The quantitative estimate of drug-likeness (QED) is 0.528. The number of carboxylic acid groups (broad SMARTS) is 1. The molecule has 168 valence electrons. The van der Waals surface area contributed by atoms with Crippen molar-refractivity contribution in [1.29, 1.82) is 0 Å². The van der Waals surface area contributed by atoms with Crippen LogP contribution in [0.1, 0.15) is 42.1 Å². The number of methoxy groups -OCH3 is 1. The Labute approximate surface area is 186 Å². The van der Waals surface area contributed by atoms with Crippen LogP contribution in [-0.4, -0.2) is 52.5 Å². The zero-order valence-electron chi connectivity index (χ0n) is 18.5. The number of carbonyl (C=O) groups is 1. The second-order valence-electron chi connectivity index (χ2n) is 8.55. The summed E-state index contributed by atoms with van der Waals surface area (Å²) < 4.78 is 19.2. The number of benzene rings is 2. The lowest BCUT2D eigenvalue weighted by molar-refractivity contribution is -0.131. The van der Waals surface area contributed by atoms with E-state index < -0.39 is 5.97 Å². The van der Waals surface area contributed by atoms with E-state index in [9.17, 15) is 9.18 Å². The largest absolute Gasteiger partial charge is 0.496 e. The molecule has 0 aliphatic carbocycles. The lowest BCUT2D eigenvalue weighted by Crippen LogP contribution is -2.45. The van der Waals surface area contributed by atoms with E-state index in [-0.39, 0.29) is 24.7 Å². The molecule has 6 nitrogen and oxygen atoms in total. The molecular weight excluding hydrogens is 409 g/mol. The average Bonchev–Trinajstić information content (AvgIpc) is 3.27. The first-order valence-electron chi connectivity index (χ1n) is 10.8. The molecule has 2 aromatic carbocycles. The van der Waals surface area contributed by atoms with Gasteiger partial charge in [0.2, 0.25) is 0 Å². The van der Waals surface area contributed by atoms with Gasteiger partial charge in [-0.05, 0) is 54.2 Å². The number of hydrogen-bond donors (Lipinski definition) is 2. The summed E-state index contributed by atoms with van der Waals surface area (Å²) >= 11 is 0. The highest BCUT2D eigenvalue weighted by atomic mass is 19.1. The van der Waals surface area contributed by atoms with Crippen LogP contribution in [0.2, 0.25) is 0 Å². The predicted octanol–water partition coefficient (Wildman–Crippen LogP) is 4.61. The Hall–Kier alpha value is -3.19. The highest BCUT2D eigenvalue weighted by Gasteiger charge is 2.36. The maximum Gasteiger partial charge on any atom is 0.328 e. The van der Waals surface area contributed by atoms with Crippen molar-refractivity contribution in [2.24, 2.45) is 5.92 Å². The van der Waals surface area contributed by atoms with Gasteiger partial charge in [-0.3, -0.25) is 14.4 Å². The molecule has 0 bridgehead atoms. The fraction of sp³-hybridized carbons (Fsp3) is 0.360. The molecule has 3 atom stereocenters. The van der Waals surface area contributed by atoms with E-state index >= 15 is 0 Å². The van der Waals surface area contributed by atoms with E-state index in [2.05, 4.69) is 28.1 Å². The van der Waals surface area contributed by atoms with Crippen molar-refractivity contribution in [3.63, 3.8) is 0 Å². The van der Waals surface area contributed by atoms with E-state index in [0.29, 0.717) is 12.3 Å². The third-order valence-corrected chi connectivity index (χ3v) is 6.22. The molecule has 2 N–H and O–H groups in total. The van der Waals surface area contributed by atoms with Gasteiger partial charge >= 0.3 is 5.97 Å². The standard InChI is InChI=1S/C25H28FN3O3/c1-15(12-26)14-29-16(2)10-20-18(7-8-22-21(20)13-27-28-22)25(29)19-6-4-17(5-9-24(30)31)11-23(19)32-3/h4-9,11,13,15-16,25H,10,12,14H2,1-3H3,(H,27,28)(H,30,31)/b9-5+/t15-,16-,25+/m1/s1. The van der Waals surface area contributed by atoms with Crippen molar-refractivity contribution in [3.8, 4) is 5.75 Å². The molecule has 7 heteroatoms. The maximum atomic E-state index is 13.5. The maximum absolute atomic E-state index is 13.5. The summed E-state index contributed by atoms with van der Waals surface area (Å²) in [7, 11) is 1.62. The number of aliphatic carboxylic acids is 1. The van der Waals surface area contributed by atoms with Gasteiger partial charge in [0.05, 0.1) is 31.5 Å². The van der Waals surface area contributed by atoms with Crippen molar-refractivity contribution in [2.75, 3.05) is 20.3 Å². The fourth-order valence-electron chi connectivity index (χ4n) is 4.69. The summed E-state index contributed by atoms with van der Waals surface area (Å²) in [5, 5.41) is 17.3. The van der Waals surface area contributed by atoms with Crippen LogP contribution in [0, 0.1) is 5.92 Å². The molecule has 1 aliphatic rings. The van der Waals surface area contributed by atoms with E-state index in [4.69, 9.17) is 9.84 Å². The van der Waals surface area contributed by atoms with Crippen LogP contribution in [0.3, 0.4) is 0 Å². The summed E-state index contributed by atoms with van der Waals surface area (Å²) in [6.45, 7) is 4.35. The molecule has 3 aromatic rings. The molecule has 1 aliphatic heterocycles. The van der Waals surface area contributed by atoms with Gasteiger partial charge in [0.1, 0.15) is 5.75 Å². The molecule has 0 saturated carbocycles. The van der Waals surface area contributed by atoms with E-state index in [1.54, 1.807) is 13.2 Å². The average molecular weight is 438 g/mol. The Kier molecular flexibility index (Phi) is 6.28. The normalized spacial score (nSPS) is 19.9. The Balaban J connectivity index is 1.87. The van der Waals surface area contributed by atoms with Crippen molar-refractivity contribution >= 4 is 22.9 Å². The Bertz CT molecular complexity index is 1160. The second kappa shape index (κ2) is 9.12. The van der Waals surface area contributed by atoms with Crippen LogP contribution >= 0.6 is 0 Å². The topological polar surface area (TPSA) is 78.5 Å². The molecule has 2 heterocycles. The molecule has 32 heavy (non-hydrogen) atoms. The monoisotopic (exact) mass is 437 g/mol. The van der Waals surface area contributed by atoms with Gasteiger partial charge in [0, 0.05) is 29.6 Å². The number of rotatable bonds is 7. The minimum atomic E-state index is -1.00. The van der Waals surface area contributed by atoms with Gasteiger partial charge in [-0.15, -0.1) is 0 Å². The highest BCUT2D eigenvalue weighted by Crippen LogP contribution is 2.43. The summed E-state index contributed by atoms with van der Waals surface area (Å²) in [6, 6.07) is 9.96. The number of H-pyrrole nitrogens is 1. The third kappa shape index (κ3) is 4.12. The first-order chi connectivity index (χ1) is 15.4. The van der Waals surface area contributed by atoms with Crippen molar-refractivity contribution in [1.82, 2.24) is 15.1 Å². The van der Waals surface area contributed by atoms with Gasteiger partial charge in [-0.1, -0.05) is 25.1 Å². The number of carboxylic acids is 1. The highest BCUT2D eigenvalue weighted by molar-refractivity contribution is 5.85. The SMILES string of the molecule is COc1cc(/C=C/C(=O)O)ccc1[C@@H]1c2ccc3[nH]ncc3c2C[C@@H](C)N1C[C@H](C)CF. The van der Waals surface area contributed by atoms with Crippen LogP contribution in [0.15, 0.2) is 42.6 Å². The Morgan fingerprint density at radius 3 is 2.88 bits per heavy atom.